The summed E-state index contributed by atoms with van der Waals surface area (Å²) in [5.74, 6) is -12.3. The number of fused-ring (bicyclic) bond motifs is 1. The fourth-order valence-corrected chi connectivity index (χ4v) is 3.21. The van der Waals surface area contributed by atoms with Crippen LogP contribution in [-0.2, 0) is 0 Å². The number of nitrogens with one attached hydrogen (secondary N) is 1. The number of H-pyrrole nitrogens is 1. The summed E-state index contributed by atoms with van der Waals surface area (Å²) >= 11 is 0. The van der Waals surface area contributed by atoms with Crippen molar-refractivity contribution >= 4 is 22.7 Å². The molecule has 172 valence electrons. The predicted octanol–water partition coefficient (Wildman–Crippen LogP) is 6.43. The van der Waals surface area contributed by atoms with E-state index < -0.39 is 34.8 Å². The van der Waals surface area contributed by atoms with E-state index in [1.54, 1.807) is 0 Å². The Morgan fingerprint density at radius 2 is 1.62 bits per heavy atom. The number of rotatable bonds is 5. The Morgan fingerprint density at radius 3 is 2.26 bits per heavy atom. The van der Waals surface area contributed by atoms with Crippen LogP contribution in [0.2, 0.25) is 0 Å². The van der Waals surface area contributed by atoms with Crippen molar-refractivity contribution in [1.82, 2.24) is 9.97 Å². The van der Waals surface area contributed by atoms with Gasteiger partial charge >= 0.3 is 0 Å². The van der Waals surface area contributed by atoms with E-state index in [1.807, 2.05) is 31.2 Å². The van der Waals surface area contributed by atoms with E-state index in [0.29, 0.717) is 16.9 Å². The maximum atomic E-state index is 14.0. The van der Waals surface area contributed by atoms with Gasteiger partial charge in [0.05, 0.1) is 23.7 Å². The molecule has 4 aromatic rings. The second-order valence-electron chi connectivity index (χ2n) is 7.19. The molecule has 0 atom stereocenters. The van der Waals surface area contributed by atoms with Crippen molar-refractivity contribution in [2.75, 3.05) is 7.11 Å². The van der Waals surface area contributed by atoms with E-state index in [9.17, 15) is 27.2 Å². The first-order valence-electron chi connectivity index (χ1n) is 9.69. The van der Waals surface area contributed by atoms with Crippen LogP contribution in [0.4, 0.5) is 22.0 Å². The van der Waals surface area contributed by atoms with Crippen LogP contribution < -0.4 is 9.47 Å². The van der Waals surface area contributed by atoms with Crippen LogP contribution in [0, 0.1) is 47.3 Å². The maximum Gasteiger partial charge on any atom is 0.207 e. The zero-order valence-corrected chi connectivity index (χ0v) is 17.6. The summed E-state index contributed by atoms with van der Waals surface area (Å²) in [5.41, 5.74) is 3.05. The minimum absolute atomic E-state index is 0.0739. The van der Waals surface area contributed by atoms with Crippen molar-refractivity contribution in [1.29, 1.82) is 5.26 Å². The predicted molar refractivity (Wildman–Crippen MR) is 114 cm³/mol. The Hall–Kier alpha value is -4.39. The number of aromatic amines is 1. The summed E-state index contributed by atoms with van der Waals surface area (Å²) in [4.78, 5) is 7.46. The Balaban J connectivity index is 1.71. The molecule has 0 aliphatic rings. The number of nitriles is 1. The molecule has 4 rings (SSSR count). The normalized spacial score (nSPS) is 11.5. The highest BCUT2D eigenvalue weighted by atomic mass is 19.2. The molecule has 3 aromatic carbocycles. The molecule has 0 spiro atoms. The van der Waals surface area contributed by atoms with Crippen LogP contribution in [0.25, 0.3) is 22.7 Å². The Morgan fingerprint density at radius 1 is 0.941 bits per heavy atom. The standard InChI is InChI=1S/C24H14F5N3O2/c1-11-3-5-14-15(7-11)32-24(31-14)13(10-30)8-12-4-6-16(17(9-12)33-2)34-23-21(28)19(26)18(25)20(27)22(23)29/h3-9H,1-2H3,(H,31,32)/b13-8+. The summed E-state index contributed by atoms with van der Waals surface area (Å²) in [5, 5.41) is 9.61. The van der Waals surface area contributed by atoms with Crippen LogP contribution in [-0.4, -0.2) is 17.1 Å². The van der Waals surface area contributed by atoms with Crippen molar-refractivity contribution in [3.05, 3.63) is 82.4 Å². The molecule has 0 fully saturated rings. The summed E-state index contributed by atoms with van der Waals surface area (Å²) in [6, 6.07) is 11.6. The second kappa shape index (κ2) is 8.86. The first-order chi connectivity index (χ1) is 16.2. The molecule has 1 aromatic heterocycles. The van der Waals surface area contributed by atoms with E-state index in [1.165, 1.54) is 31.4 Å². The van der Waals surface area contributed by atoms with Gasteiger partial charge in [0.1, 0.15) is 11.9 Å². The molecule has 34 heavy (non-hydrogen) atoms. The lowest BCUT2D eigenvalue weighted by molar-refractivity contribution is 0.321. The number of aromatic nitrogens is 2. The molecule has 1 heterocycles. The number of imidazole rings is 1. The molecule has 0 aliphatic carbocycles. The number of hydrogen-bond donors (Lipinski definition) is 1. The number of hydrogen-bond acceptors (Lipinski definition) is 4. The molecule has 5 nitrogen and oxygen atoms in total. The third-order valence-corrected chi connectivity index (χ3v) is 4.89. The Kier molecular flexibility index (Phi) is 5.94. The molecule has 0 saturated carbocycles. The van der Waals surface area contributed by atoms with Gasteiger partial charge in [0.15, 0.2) is 11.5 Å². The van der Waals surface area contributed by atoms with E-state index in [4.69, 9.17) is 9.47 Å². The monoisotopic (exact) mass is 471 g/mol. The first-order valence-corrected chi connectivity index (χ1v) is 9.69. The highest BCUT2D eigenvalue weighted by Gasteiger charge is 2.28. The molecule has 0 radical (unpaired) electrons. The Labute approximate surface area is 189 Å². The molecule has 1 N–H and O–H groups in total. The number of methoxy groups -OCH3 is 1. The molecule has 0 amide bonds. The topological polar surface area (TPSA) is 70.9 Å². The SMILES string of the molecule is COc1cc(/C=C(\C#N)c2nc3ccc(C)cc3[nH]2)ccc1Oc1c(F)c(F)c(F)c(F)c1F. The second-order valence-corrected chi connectivity index (χ2v) is 7.19. The van der Waals surface area contributed by atoms with Crippen LogP contribution in [0.5, 0.6) is 17.2 Å². The lowest BCUT2D eigenvalue weighted by atomic mass is 10.1. The summed E-state index contributed by atoms with van der Waals surface area (Å²) < 4.78 is 78.3. The zero-order valence-electron chi connectivity index (χ0n) is 17.6. The van der Waals surface area contributed by atoms with E-state index >= 15 is 0 Å². The van der Waals surface area contributed by atoms with Gasteiger partial charge in [-0.25, -0.2) is 18.2 Å². The fourth-order valence-electron chi connectivity index (χ4n) is 3.21. The quantitative estimate of drug-likeness (QED) is 0.158. The highest BCUT2D eigenvalue weighted by Crippen LogP contribution is 2.37. The van der Waals surface area contributed by atoms with Gasteiger partial charge in [-0.1, -0.05) is 12.1 Å². The lowest BCUT2D eigenvalue weighted by Crippen LogP contribution is -2.04. The van der Waals surface area contributed by atoms with Crippen LogP contribution in [0.3, 0.4) is 0 Å². The molecular weight excluding hydrogens is 457 g/mol. The van der Waals surface area contributed by atoms with Gasteiger partial charge in [0.2, 0.25) is 34.8 Å². The fraction of sp³-hybridized carbons (Fsp3) is 0.0833. The smallest absolute Gasteiger partial charge is 0.207 e. The molecule has 0 unspecified atom stereocenters. The highest BCUT2D eigenvalue weighted by molar-refractivity contribution is 5.90. The van der Waals surface area contributed by atoms with Gasteiger partial charge in [0.25, 0.3) is 0 Å². The molecular formula is C24H14F5N3O2. The summed E-state index contributed by atoms with van der Waals surface area (Å²) in [6.45, 7) is 1.92. The minimum Gasteiger partial charge on any atom is -0.493 e. The number of ether oxygens (including phenoxy) is 2. The van der Waals surface area contributed by atoms with Crippen LogP contribution >= 0.6 is 0 Å². The lowest BCUT2D eigenvalue weighted by Gasteiger charge is -2.13. The van der Waals surface area contributed by atoms with Gasteiger partial charge in [-0.05, 0) is 48.4 Å². The van der Waals surface area contributed by atoms with Gasteiger partial charge in [-0.2, -0.15) is 14.0 Å². The van der Waals surface area contributed by atoms with Gasteiger partial charge in [-0.15, -0.1) is 0 Å². The number of allylic oxidation sites excluding steroid dienone is 1. The van der Waals surface area contributed by atoms with Gasteiger partial charge in [-0.3, -0.25) is 0 Å². The minimum atomic E-state index is -2.29. The number of benzene rings is 3. The molecule has 0 aliphatic heterocycles. The first kappa shape index (κ1) is 22.8. The molecule has 10 heteroatoms. The van der Waals surface area contributed by atoms with Crippen LogP contribution in [0.15, 0.2) is 36.4 Å². The summed E-state index contributed by atoms with van der Waals surface area (Å²) in [6.07, 6.45) is 1.48. The van der Waals surface area contributed by atoms with E-state index in [2.05, 4.69) is 9.97 Å². The van der Waals surface area contributed by atoms with Gasteiger partial charge < -0.3 is 14.5 Å². The van der Waals surface area contributed by atoms with Crippen LogP contribution in [0.1, 0.15) is 17.0 Å². The van der Waals surface area contributed by atoms with E-state index in [-0.39, 0.29) is 17.1 Å². The van der Waals surface area contributed by atoms with Crippen molar-refractivity contribution in [3.8, 4) is 23.3 Å². The largest absolute Gasteiger partial charge is 0.493 e. The van der Waals surface area contributed by atoms with Crippen molar-refractivity contribution in [3.63, 3.8) is 0 Å². The van der Waals surface area contributed by atoms with E-state index in [0.717, 1.165) is 11.1 Å². The number of aryl methyl sites for hydroxylation is 1. The third kappa shape index (κ3) is 4.03. The molecule has 0 saturated heterocycles. The Bertz CT molecular complexity index is 1480. The van der Waals surface area contributed by atoms with Crippen molar-refractivity contribution < 1.29 is 31.4 Å². The molecule has 0 bridgehead atoms. The maximum absolute atomic E-state index is 14.0. The van der Waals surface area contributed by atoms with Crippen molar-refractivity contribution in [2.45, 2.75) is 6.92 Å². The number of nitrogens with zero attached hydrogens (tertiary/aromatic N) is 2. The average Bonchev–Trinajstić information content (AvgIpc) is 3.26. The zero-order chi connectivity index (χ0) is 24.6. The van der Waals surface area contributed by atoms with Crippen molar-refractivity contribution in [2.24, 2.45) is 0 Å². The number of halogens is 5. The summed E-state index contributed by atoms with van der Waals surface area (Å²) in [7, 11) is 1.22. The van der Waals surface area contributed by atoms with Gasteiger partial charge in [0, 0.05) is 0 Å². The third-order valence-electron chi connectivity index (χ3n) is 4.89. The average molecular weight is 471 g/mol.